The fraction of sp³-hybridized carbons (Fsp3) is 0.571. The molecule has 1 aromatic carbocycles. The molecule has 0 spiro atoms. The fourth-order valence-electron chi connectivity index (χ4n) is 2.53. The van der Waals surface area contributed by atoms with Gasteiger partial charge in [-0.1, -0.05) is 0 Å². The zero-order valence-corrected chi connectivity index (χ0v) is 10.2. The average Bonchev–Trinajstić information content (AvgIpc) is 2.59. The molecule has 1 heterocycles. The van der Waals surface area contributed by atoms with Gasteiger partial charge in [-0.3, -0.25) is 0 Å². The average molecular weight is 236 g/mol. The molecule has 0 amide bonds. The lowest BCUT2D eigenvalue weighted by atomic mass is 9.93. The van der Waals surface area contributed by atoms with E-state index in [0.717, 1.165) is 43.1 Å². The molecule has 94 valence electrons. The van der Waals surface area contributed by atoms with E-state index in [1.54, 1.807) is 12.1 Å². The molecule has 1 atom stereocenters. The minimum absolute atomic E-state index is 0.184. The number of nitrogens with one attached hydrogen (secondary N) is 1. The smallest absolute Gasteiger partial charge is 0.123 e. The molecular weight excluding hydrogens is 215 g/mol. The first-order chi connectivity index (χ1) is 8.25. The highest BCUT2D eigenvalue weighted by molar-refractivity contribution is 5.46. The molecule has 0 radical (unpaired) electrons. The number of anilines is 1. The van der Waals surface area contributed by atoms with Gasteiger partial charge in [0.1, 0.15) is 5.82 Å². The number of halogens is 1. The quantitative estimate of drug-likeness (QED) is 0.792. The number of nitrogens with two attached hydrogens (primary N) is 1. The number of rotatable bonds is 3. The number of hydrogen-bond donors (Lipinski definition) is 2. The highest BCUT2D eigenvalue weighted by Crippen LogP contribution is 2.22. The fourth-order valence-corrected chi connectivity index (χ4v) is 2.53. The van der Waals surface area contributed by atoms with Crippen LogP contribution in [0, 0.1) is 11.7 Å². The van der Waals surface area contributed by atoms with Crippen LogP contribution in [0.3, 0.4) is 0 Å². The van der Waals surface area contributed by atoms with E-state index in [0.29, 0.717) is 0 Å². The second-order valence-corrected chi connectivity index (χ2v) is 4.93. The van der Waals surface area contributed by atoms with Gasteiger partial charge in [-0.2, -0.15) is 0 Å². The van der Waals surface area contributed by atoms with Gasteiger partial charge in [-0.25, -0.2) is 4.39 Å². The number of aryl methyl sites for hydroxylation is 1. The Morgan fingerprint density at radius 1 is 1.29 bits per heavy atom. The van der Waals surface area contributed by atoms with Crippen molar-refractivity contribution in [2.75, 3.05) is 18.8 Å². The van der Waals surface area contributed by atoms with Crippen molar-refractivity contribution in [1.29, 1.82) is 0 Å². The van der Waals surface area contributed by atoms with E-state index in [1.165, 1.54) is 25.3 Å². The summed E-state index contributed by atoms with van der Waals surface area (Å²) >= 11 is 0. The highest BCUT2D eigenvalue weighted by Gasteiger charge is 2.12. The molecule has 1 saturated heterocycles. The van der Waals surface area contributed by atoms with Gasteiger partial charge < -0.3 is 11.1 Å². The minimum atomic E-state index is -0.184. The third kappa shape index (κ3) is 3.70. The van der Waals surface area contributed by atoms with Crippen LogP contribution in [0.1, 0.15) is 31.2 Å². The Labute approximate surface area is 102 Å². The van der Waals surface area contributed by atoms with Gasteiger partial charge in [0.15, 0.2) is 0 Å². The predicted molar refractivity (Wildman–Crippen MR) is 69.3 cm³/mol. The normalized spacial score (nSPS) is 21.1. The van der Waals surface area contributed by atoms with Crippen LogP contribution in [0.25, 0.3) is 0 Å². The van der Waals surface area contributed by atoms with Crippen molar-refractivity contribution >= 4 is 5.69 Å². The highest BCUT2D eigenvalue weighted by atomic mass is 19.1. The molecule has 1 unspecified atom stereocenters. The van der Waals surface area contributed by atoms with Crippen molar-refractivity contribution < 1.29 is 4.39 Å². The monoisotopic (exact) mass is 236 g/mol. The lowest BCUT2D eigenvalue weighted by Crippen LogP contribution is -2.14. The van der Waals surface area contributed by atoms with Crippen molar-refractivity contribution in [3.05, 3.63) is 29.6 Å². The lowest BCUT2D eigenvalue weighted by molar-refractivity contribution is 0.439. The Bertz CT molecular complexity index is 357. The van der Waals surface area contributed by atoms with Crippen LogP contribution >= 0.6 is 0 Å². The molecule has 2 rings (SSSR count). The Morgan fingerprint density at radius 2 is 2.18 bits per heavy atom. The summed E-state index contributed by atoms with van der Waals surface area (Å²) in [4.78, 5) is 0. The summed E-state index contributed by atoms with van der Waals surface area (Å²) in [5.74, 6) is 0.574. The SMILES string of the molecule is Nc1ccc(F)cc1CCC1CCCNCC1. The molecule has 1 fully saturated rings. The Kier molecular flexibility index (Phi) is 4.37. The molecule has 3 N–H and O–H groups in total. The first kappa shape index (κ1) is 12.4. The van der Waals surface area contributed by atoms with Gasteiger partial charge in [0.25, 0.3) is 0 Å². The first-order valence-electron chi connectivity index (χ1n) is 6.50. The number of benzene rings is 1. The van der Waals surface area contributed by atoms with E-state index in [4.69, 9.17) is 5.73 Å². The predicted octanol–water partition coefficient (Wildman–Crippen LogP) is 2.73. The van der Waals surface area contributed by atoms with Crippen molar-refractivity contribution in [2.24, 2.45) is 5.92 Å². The van der Waals surface area contributed by atoms with Gasteiger partial charge in [-0.15, -0.1) is 0 Å². The van der Waals surface area contributed by atoms with Crippen LogP contribution in [-0.4, -0.2) is 13.1 Å². The van der Waals surface area contributed by atoms with Gasteiger partial charge in [0.2, 0.25) is 0 Å². The number of hydrogen-bond acceptors (Lipinski definition) is 2. The van der Waals surface area contributed by atoms with E-state index < -0.39 is 0 Å². The molecule has 0 aliphatic carbocycles. The standard InChI is InChI=1S/C14H21FN2/c15-13-5-6-14(16)12(10-13)4-3-11-2-1-8-17-9-7-11/h5-6,10-11,17H,1-4,7-9,16H2. The van der Waals surface area contributed by atoms with Crippen LogP contribution < -0.4 is 11.1 Å². The van der Waals surface area contributed by atoms with Gasteiger partial charge >= 0.3 is 0 Å². The zero-order chi connectivity index (χ0) is 12.1. The number of nitrogen functional groups attached to an aromatic ring is 1. The van der Waals surface area contributed by atoms with Gasteiger partial charge in [0, 0.05) is 5.69 Å². The van der Waals surface area contributed by atoms with Crippen molar-refractivity contribution in [1.82, 2.24) is 5.32 Å². The Hall–Kier alpha value is -1.09. The summed E-state index contributed by atoms with van der Waals surface area (Å²) in [7, 11) is 0. The molecule has 0 bridgehead atoms. The Morgan fingerprint density at radius 3 is 3.06 bits per heavy atom. The summed E-state index contributed by atoms with van der Waals surface area (Å²) in [5.41, 5.74) is 7.54. The molecule has 1 aliphatic rings. The molecule has 1 aromatic rings. The summed E-state index contributed by atoms with van der Waals surface area (Å²) in [6, 6.07) is 4.66. The van der Waals surface area contributed by atoms with E-state index in [2.05, 4.69) is 5.32 Å². The van der Waals surface area contributed by atoms with Crippen molar-refractivity contribution in [3.63, 3.8) is 0 Å². The third-order valence-electron chi connectivity index (χ3n) is 3.62. The maximum Gasteiger partial charge on any atom is 0.123 e. The summed E-state index contributed by atoms with van der Waals surface area (Å²) in [6.45, 7) is 2.25. The van der Waals surface area contributed by atoms with Gasteiger partial charge in [-0.05, 0) is 74.9 Å². The maximum atomic E-state index is 13.1. The zero-order valence-electron chi connectivity index (χ0n) is 10.2. The molecular formula is C14H21FN2. The first-order valence-corrected chi connectivity index (χ1v) is 6.50. The van der Waals surface area contributed by atoms with Crippen LogP contribution in [0.4, 0.5) is 10.1 Å². The Balaban J connectivity index is 1.89. The summed E-state index contributed by atoms with van der Waals surface area (Å²) in [5, 5.41) is 3.41. The second-order valence-electron chi connectivity index (χ2n) is 4.93. The molecule has 0 aromatic heterocycles. The van der Waals surface area contributed by atoms with Crippen LogP contribution in [0.5, 0.6) is 0 Å². The molecule has 0 saturated carbocycles. The van der Waals surface area contributed by atoms with E-state index in [9.17, 15) is 4.39 Å². The third-order valence-corrected chi connectivity index (χ3v) is 3.62. The van der Waals surface area contributed by atoms with Crippen LogP contribution in [-0.2, 0) is 6.42 Å². The largest absolute Gasteiger partial charge is 0.399 e. The van der Waals surface area contributed by atoms with Crippen LogP contribution in [0.2, 0.25) is 0 Å². The minimum Gasteiger partial charge on any atom is -0.399 e. The lowest BCUT2D eigenvalue weighted by Gasteiger charge is -2.14. The van der Waals surface area contributed by atoms with Crippen molar-refractivity contribution in [3.8, 4) is 0 Å². The maximum absolute atomic E-state index is 13.1. The molecule has 2 nitrogen and oxygen atoms in total. The molecule has 3 heteroatoms. The van der Waals surface area contributed by atoms with E-state index in [1.807, 2.05) is 0 Å². The second kappa shape index (κ2) is 6.01. The van der Waals surface area contributed by atoms with E-state index >= 15 is 0 Å². The van der Waals surface area contributed by atoms with Crippen LogP contribution in [0.15, 0.2) is 18.2 Å². The topological polar surface area (TPSA) is 38.0 Å². The summed E-state index contributed by atoms with van der Waals surface area (Å²) < 4.78 is 13.1. The summed E-state index contributed by atoms with van der Waals surface area (Å²) in [6.07, 6.45) is 5.78. The van der Waals surface area contributed by atoms with Gasteiger partial charge in [0.05, 0.1) is 0 Å². The van der Waals surface area contributed by atoms with Crippen molar-refractivity contribution in [2.45, 2.75) is 32.1 Å². The molecule has 17 heavy (non-hydrogen) atoms. The molecule has 1 aliphatic heterocycles. The van der Waals surface area contributed by atoms with E-state index in [-0.39, 0.29) is 5.82 Å².